The van der Waals surface area contributed by atoms with Gasteiger partial charge in [-0.25, -0.2) is 4.98 Å². The number of pyridine rings is 1. The lowest BCUT2D eigenvalue weighted by Crippen LogP contribution is -2.44. The average molecular weight is 353 g/mol. The van der Waals surface area contributed by atoms with E-state index in [-0.39, 0.29) is 30.6 Å². The van der Waals surface area contributed by atoms with Gasteiger partial charge in [0.2, 0.25) is 5.88 Å². The first-order chi connectivity index (χ1) is 12.6. The smallest absolute Gasteiger partial charge is 0.260 e. The maximum absolute atomic E-state index is 12.6. The predicted octanol–water partition coefficient (Wildman–Crippen LogP) is 1.20. The molecule has 134 valence electrons. The fraction of sp³-hybridized carbons (Fsp3) is 0.316. The van der Waals surface area contributed by atoms with Gasteiger partial charge in [-0.05, 0) is 24.3 Å². The van der Waals surface area contributed by atoms with Crippen LogP contribution in [0.3, 0.4) is 0 Å². The fourth-order valence-corrected chi connectivity index (χ4v) is 3.33. The highest BCUT2D eigenvalue weighted by molar-refractivity contribution is 5.97. The van der Waals surface area contributed by atoms with Crippen LogP contribution in [0.15, 0.2) is 48.7 Å². The predicted molar refractivity (Wildman–Crippen MR) is 93.1 cm³/mol. The molecule has 0 unspecified atom stereocenters. The molecule has 2 atom stereocenters. The number of aromatic nitrogens is 1. The number of likely N-dealkylation sites (tertiary alicyclic amines) is 1. The number of fused-ring (bicyclic) bond motifs is 2. The van der Waals surface area contributed by atoms with Gasteiger partial charge in [0.25, 0.3) is 11.8 Å². The van der Waals surface area contributed by atoms with Gasteiger partial charge >= 0.3 is 0 Å². The third kappa shape index (κ3) is 2.96. The maximum atomic E-state index is 12.6. The molecular formula is C19H19N3O4. The van der Waals surface area contributed by atoms with Crippen LogP contribution in [-0.2, 0) is 4.79 Å². The highest BCUT2D eigenvalue weighted by Crippen LogP contribution is 2.28. The van der Waals surface area contributed by atoms with E-state index in [0.717, 1.165) is 0 Å². The molecule has 3 heterocycles. The third-order valence-electron chi connectivity index (χ3n) is 4.78. The number of hydrogen-bond acceptors (Lipinski definition) is 5. The van der Waals surface area contributed by atoms with Crippen LogP contribution in [0, 0.1) is 0 Å². The number of amides is 2. The van der Waals surface area contributed by atoms with Gasteiger partial charge in [-0.15, -0.1) is 0 Å². The molecule has 2 aliphatic heterocycles. The summed E-state index contributed by atoms with van der Waals surface area (Å²) in [5, 5.41) is 0. The normalized spacial score (nSPS) is 21.5. The van der Waals surface area contributed by atoms with Crippen LogP contribution in [0.25, 0.3) is 0 Å². The minimum Gasteiger partial charge on any atom is -0.484 e. The van der Waals surface area contributed by atoms with Crippen molar-refractivity contribution in [1.29, 1.82) is 0 Å². The van der Waals surface area contributed by atoms with Gasteiger partial charge in [0.1, 0.15) is 17.4 Å². The lowest BCUT2D eigenvalue weighted by molar-refractivity contribution is -0.132. The molecule has 7 heteroatoms. The van der Waals surface area contributed by atoms with Crippen molar-refractivity contribution in [2.75, 3.05) is 26.7 Å². The number of para-hydroxylation sites is 1. The standard InChI is InChI=1S/C19H19N3O4/c1-21-15-10-22(17(23)12-25-13-6-3-2-4-7-13)11-16(15)26-18-14(19(21)24)8-5-9-20-18/h2-9,15-16H,10-12H2,1H3/t15-,16+/m1/s1. The summed E-state index contributed by atoms with van der Waals surface area (Å²) in [5.41, 5.74) is 0.453. The molecule has 7 nitrogen and oxygen atoms in total. The number of ether oxygens (including phenoxy) is 2. The van der Waals surface area contributed by atoms with E-state index in [0.29, 0.717) is 30.3 Å². The number of carbonyl (C=O) groups is 2. The molecule has 2 aromatic rings. The van der Waals surface area contributed by atoms with E-state index in [4.69, 9.17) is 9.47 Å². The molecule has 1 saturated heterocycles. The van der Waals surface area contributed by atoms with E-state index in [2.05, 4.69) is 4.98 Å². The van der Waals surface area contributed by atoms with Gasteiger partial charge in [0, 0.05) is 19.8 Å². The van der Waals surface area contributed by atoms with Crippen molar-refractivity contribution in [1.82, 2.24) is 14.8 Å². The summed E-state index contributed by atoms with van der Waals surface area (Å²) in [6, 6.07) is 12.4. The quantitative estimate of drug-likeness (QED) is 0.829. The SMILES string of the molecule is CN1C(=O)c2cccnc2O[C@H]2CN(C(=O)COc3ccccc3)C[C@H]21. The van der Waals surface area contributed by atoms with Crippen LogP contribution in [-0.4, -0.2) is 65.5 Å². The number of rotatable bonds is 3. The monoisotopic (exact) mass is 353 g/mol. The van der Waals surface area contributed by atoms with Crippen LogP contribution in [0.4, 0.5) is 0 Å². The zero-order chi connectivity index (χ0) is 18.1. The maximum Gasteiger partial charge on any atom is 0.260 e. The molecule has 26 heavy (non-hydrogen) atoms. The Hall–Kier alpha value is -3.09. The lowest BCUT2D eigenvalue weighted by atomic mass is 10.2. The summed E-state index contributed by atoms with van der Waals surface area (Å²) in [5.74, 6) is 0.700. The summed E-state index contributed by atoms with van der Waals surface area (Å²) in [6.45, 7) is 0.767. The average Bonchev–Trinajstić information content (AvgIpc) is 3.06. The van der Waals surface area contributed by atoms with E-state index < -0.39 is 0 Å². The van der Waals surface area contributed by atoms with Crippen molar-refractivity contribution in [3.8, 4) is 11.6 Å². The van der Waals surface area contributed by atoms with Crippen molar-refractivity contribution < 1.29 is 19.1 Å². The van der Waals surface area contributed by atoms with Crippen molar-refractivity contribution in [3.05, 3.63) is 54.2 Å². The Kier molecular flexibility index (Phi) is 4.20. The summed E-state index contributed by atoms with van der Waals surface area (Å²) >= 11 is 0. The minimum atomic E-state index is -0.305. The molecule has 4 rings (SSSR count). The summed E-state index contributed by atoms with van der Waals surface area (Å²) in [6.07, 6.45) is 1.29. The van der Waals surface area contributed by atoms with E-state index in [1.165, 1.54) is 0 Å². The second-order valence-electron chi connectivity index (χ2n) is 6.40. The van der Waals surface area contributed by atoms with Crippen molar-refractivity contribution in [2.24, 2.45) is 0 Å². The molecule has 0 aliphatic carbocycles. The molecule has 2 amide bonds. The van der Waals surface area contributed by atoms with Crippen LogP contribution in [0.1, 0.15) is 10.4 Å². The third-order valence-corrected chi connectivity index (χ3v) is 4.78. The zero-order valence-corrected chi connectivity index (χ0v) is 14.4. The van der Waals surface area contributed by atoms with Crippen molar-refractivity contribution in [3.63, 3.8) is 0 Å². The van der Waals surface area contributed by atoms with E-state index in [1.54, 1.807) is 47.3 Å². The van der Waals surface area contributed by atoms with Crippen LogP contribution >= 0.6 is 0 Å². The van der Waals surface area contributed by atoms with Crippen LogP contribution in [0.2, 0.25) is 0 Å². The van der Waals surface area contributed by atoms with Gasteiger partial charge in [-0.1, -0.05) is 18.2 Å². The second-order valence-corrected chi connectivity index (χ2v) is 6.40. The van der Waals surface area contributed by atoms with Gasteiger partial charge < -0.3 is 19.3 Å². The van der Waals surface area contributed by atoms with Crippen molar-refractivity contribution in [2.45, 2.75) is 12.1 Å². The zero-order valence-electron chi connectivity index (χ0n) is 14.4. The first kappa shape index (κ1) is 16.4. The van der Waals surface area contributed by atoms with Gasteiger partial charge in [0.05, 0.1) is 12.6 Å². The Balaban J connectivity index is 1.46. The Morgan fingerprint density at radius 2 is 2.04 bits per heavy atom. The number of nitrogens with zero attached hydrogens (tertiary/aromatic N) is 3. The molecule has 1 aromatic carbocycles. The minimum absolute atomic E-state index is 0.0457. The molecule has 0 radical (unpaired) electrons. The van der Waals surface area contributed by atoms with Gasteiger partial charge in [0.15, 0.2) is 6.61 Å². The Morgan fingerprint density at radius 3 is 2.85 bits per heavy atom. The van der Waals surface area contributed by atoms with Crippen LogP contribution < -0.4 is 9.47 Å². The number of likely N-dealkylation sites (N-methyl/N-ethyl adjacent to an activating group) is 1. The van der Waals surface area contributed by atoms with Gasteiger partial charge in [-0.2, -0.15) is 0 Å². The molecule has 1 aromatic heterocycles. The van der Waals surface area contributed by atoms with Crippen molar-refractivity contribution >= 4 is 11.8 Å². The molecule has 2 aliphatic rings. The fourth-order valence-electron chi connectivity index (χ4n) is 3.33. The molecule has 0 saturated carbocycles. The number of benzene rings is 1. The summed E-state index contributed by atoms with van der Waals surface area (Å²) < 4.78 is 11.5. The molecular weight excluding hydrogens is 334 g/mol. The number of carbonyl (C=O) groups excluding carboxylic acids is 2. The highest BCUT2D eigenvalue weighted by atomic mass is 16.5. The summed E-state index contributed by atoms with van der Waals surface area (Å²) in [4.78, 5) is 32.6. The summed E-state index contributed by atoms with van der Waals surface area (Å²) in [7, 11) is 1.74. The molecule has 0 bridgehead atoms. The number of hydrogen-bond donors (Lipinski definition) is 0. The van der Waals surface area contributed by atoms with E-state index in [9.17, 15) is 9.59 Å². The largest absolute Gasteiger partial charge is 0.484 e. The van der Waals surface area contributed by atoms with Crippen LogP contribution in [0.5, 0.6) is 11.6 Å². The Labute approximate surface area is 151 Å². The molecule has 0 spiro atoms. The Morgan fingerprint density at radius 1 is 1.23 bits per heavy atom. The topological polar surface area (TPSA) is 72.0 Å². The first-order valence-electron chi connectivity index (χ1n) is 8.48. The van der Waals surface area contributed by atoms with E-state index in [1.807, 2.05) is 18.2 Å². The van der Waals surface area contributed by atoms with Gasteiger partial charge in [-0.3, -0.25) is 9.59 Å². The Bertz CT molecular complexity index is 827. The second kappa shape index (κ2) is 6.67. The lowest BCUT2D eigenvalue weighted by Gasteiger charge is -2.24. The first-order valence-corrected chi connectivity index (χ1v) is 8.48. The van der Waals surface area contributed by atoms with E-state index >= 15 is 0 Å². The molecule has 0 N–H and O–H groups in total. The highest BCUT2D eigenvalue weighted by Gasteiger charge is 2.44. The molecule has 1 fully saturated rings.